The topological polar surface area (TPSA) is 88.2 Å². The summed E-state index contributed by atoms with van der Waals surface area (Å²) >= 11 is 0. The number of hydrogen-bond acceptors (Lipinski definition) is 5. The lowest BCUT2D eigenvalue weighted by atomic mass is 10.2. The molecule has 4 rings (SSSR count). The molecule has 9 heteroatoms. The van der Waals surface area contributed by atoms with Crippen molar-refractivity contribution in [3.05, 3.63) is 59.9 Å². The van der Waals surface area contributed by atoms with Crippen molar-refractivity contribution in [3.63, 3.8) is 0 Å². The molecule has 0 saturated carbocycles. The lowest BCUT2D eigenvalue weighted by Gasteiger charge is -2.27. The van der Waals surface area contributed by atoms with Gasteiger partial charge in [-0.1, -0.05) is 30.3 Å². The van der Waals surface area contributed by atoms with E-state index in [9.17, 15) is 18.8 Å². The second-order valence-corrected chi connectivity index (χ2v) is 7.35. The van der Waals surface area contributed by atoms with E-state index in [1.807, 2.05) is 30.3 Å². The zero-order chi connectivity index (χ0) is 21.8. The van der Waals surface area contributed by atoms with Crippen molar-refractivity contribution < 1.29 is 28.2 Å². The SMILES string of the molecule is O=C(NC1CC(=O)N(c2ccc(N3CCOCC3=O)cc2F)C1)OCc1ccccc1. The standard InChI is InChI=1S/C22H22FN3O5/c23-18-11-17(25-8-9-30-14-21(25)28)6-7-19(18)26-12-16(10-20(26)27)24-22(29)31-13-15-4-2-1-3-5-15/h1-7,11,16H,8-10,12-14H2,(H,24,29). The molecule has 2 fully saturated rings. The fraction of sp³-hybridized carbons (Fsp3) is 0.318. The number of hydrogen-bond donors (Lipinski definition) is 1. The van der Waals surface area contributed by atoms with E-state index in [1.165, 1.54) is 21.9 Å². The molecular formula is C22H22FN3O5. The van der Waals surface area contributed by atoms with Gasteiger partial charge in [0, 0.05) is 25.2 Å². The number of nitrogens with one attached hydrogen (secondary N) is 1. The maximum Gasteiger partial charge on any atom is 0.407 e. The van der Waals surface area contributed by atoms with Gasteiger partial charge in [0.15, 0.2) is 0 Å². The first kappa shape index (κ1) is 20.8. The quantitative estimate of drug-likeness (QED) is 0.791. The second-order valence-electron chi connectivity index (χ2n) is 7.35. The number of benzene rings is 2. The van der Waals surface area contributed by atoms with E-state index < -0.39 is 18.0 Å². The van der Waals surface area contributed by atoms with Crippen molar-refractivity contribution in [1.82, 2.24) is 5.32 Å². The molecule has 2 aliphatic rings. The summed E-state index contributed by atoms with van der Waals surface area (Å²) in [7, 11) is 0. The zero-order valence-corrected chi connectivity index (χ0v) is 16.8. The fourth-order valence-electron chi connectivity index (χ4n) is 3.64. The molecule has 0 aliphatic carbocycles. The lowest BCUT2D eigenvalue weighted by molar-refractivity contribution is -0.125. The normalized spacial score (nSPS) is 18.9. The highest BCUT2D eigenvalue weighted by molar-refractivity contribution is 5.98. The van der Waals surface area contributed by atoms with E-state index in [0.717, 1.165) is 5.56 Å². The van der Waals surface area contributed by atoms with Crippen LogP contribution in [0.15, 0.2) is 48.5 Å². The Morgan fingerprint density at radius 1 is 1.13 bits per heavy atom. The predicted octanol–water partition coefficient (Wildman–Crippen LogP) is 2.22. The molecule has 2 aliphatic heterocycles. The van der Waals surface area contributed by atoms with Crippen molar-refractivity contribution in [1.29, 1.82) is 0 Å². The summed E-state index contributed by atoms with van der Waals surface area (Å²) < 4.78 is 25.0. The Labute approximate surface area is 178 Å². The largest absolute Gasteiger partial charge is 0.445 e. The molecule has 1 N–H and O–H groups in total. The molecule has 162 valence electrons. The number of carbonyl (C=O) groups is 3. The van der Waals surface area contributed by atoms with Crippen LogP contribution in [0.1, 0.15) is 12.0 Å². The summed E-state index contributed by atoms with van der Waals surface area (Å²) in [4.78, 5) is 39.2. The first-order valence-electron chi connectivity index (χ1n) is 9.96. The number of halogens is 1. The monoisotopic (exact) mass is 427 g/mol. The summed E-state index contributed by atoms with van der Waals surface area (Å²) in [6, 6.07) is 13.1. The molecule has 0 spiro atoms. The second kappa shape index (κ2) is 9.13. The number of amides is 3. The maximum atomic E-state index is 14.8. The highest BCUT2D eigenvalue weighted by Gasteiger charge is 2.33. The molecule has 2 aromatic rings. The van der Waals surface area contributed by atoms with Crippen LogP contribution in [0.5, 0.6) is 0 Å². The van der Waals surface area contributed by atoms with E-state index in [0.29, 0.717) is 18.8 Å². The maximum absolute atomic E-state index is 14.8. The minimum absolute atomic E-state index is 0.0400. The summed E-state index contributed by atoms with van der Waals surface area (Å²) in [5, 5.41) is 2.65. The van der Waals surface area contributed by atoms with E-state index in [4.69, 9.17) is 9.47 Å². The van der Waals surface area contributed by atoms with Crippen LogP contribution >= 0.6 is 0 Å². The van der Waals surface area contributed by atoms with Gasteiger partial charge in [0.1, 0.15) is 19.0 Å². The van der Waals surface area contributed by atoms with Gasteiger partial charge in [-0.3, -0.25) is 9.59 Å². The minimum Gasteiger partial charge on any atom is -0.445 e. The molecule has 1 unspecified atom stereocenters. The van der Waals surface area contributed by atoms with Gasteiger partial charge < -0.3 is 24.6 Å². The molecule has 3 amide bonds. The third-order valence-electron chi connectivity index (χ3n) is 5.18. The van der Waals surface area contributed by atoms with Gasteiger partial charge in [0.2, 0.25) is 5.91 Å². The molecule has 1 atom stereocenters. The first-order chi connectivity index (χ1) is 15.0. The molecule has 0 bridgehead atoms. The number of carbonyl (C=O) groups excluding carboxylic acids is 3. The van der Waals surface area contributed by atoms with E-state index in [1.54, 1.807) is 6.07 Å². The molecule has 31 heavy (non-hydrogen) atoms. The van der Waals surface area contributed by atoms with Crippen molar-refractivity contribution in [3.8, 4) is 0 Å². The smallest absolute Gasteiger partial charge is 0.407 e. The Kier molecular flexibility index (Phi) is 6.13. The van der Waals surface area contributed by atoms with Crippen LogP contribution in [0.3, 0.4) is 0 Å². The van der Waals surface area contributed by atoms with Crippen LogP contribution in [0.25, 0.3) is 0 Å². The van der Waals surface area contributed by atoms with E-state index in [-0.39, 0.29) is 43.7 Å². The van der Waals surface area contributed by atoms with Gasteiger partial charge in [-0.15, -0.1) is 0 Å². The van der Waals surface area contributed by atoms with Crippen LogP contribution < -0.4 is 15.1 Å². The first-order valence-corrected chi connectivity index (χ1v) is 9.96. The van der Waals surface area contributed by atoms with Crippen LogP contribution in [0.2, 0.25) is 0 Å². The number of nitrogens with zero attached hydrogens (tertiary/aromatic N) is 2. The van der Waals surface area contributed by atoms with Gasteiger partial charge >= 0.3 is 6.09 Å². The Bertz CT molecular complexity index is 984. The van der Waals surface area contributed by atoms with Gasteiger partial charge in [-0.25, -0.2) is 9.18 Å². The van der Waals surface area contributed by atoms with Gasteiger partial charge in [-0.05, 0) is 23.8 Å². The number of ether oxygens (including phenoxy) is 2. The fourth-order valence-corrected chi connectivity index (χ4v) is 3.64. The predicted molar refractivity (Wildman–Crippen MR) is 110 cm³/mol. The molecule has 0 aromatic heterocycles. The highest BCUT2D eigenvalue weighted by Crippen LogP contribution is 2.29. The molecule has 8 nitrogen and oxygen atoms in total. The average Bonchev–Trinajstić information content (AvgIpc) is 3.13. The van der Waals surface area contributed by atoms with E-state index >= 15 is 0 Å². The summed E-state index contributed by atoms with van der Waals surface area (Å²) in [6.07, 6.45) is -0.589. The highest BCUT2D eigenvalue weighted by atomic mass is 19.1. The van der Waals surface area contributed by atoms with Crippen molar-refractivity contribution in [2.75, 3.05) is 36.1 Å². The van der Waals surface area contributed by atoms with Crippen molar-refractivity contribution >= 4 is 29.3 Å². The van der Waals surface area contributed by atoms with E-state index in [2.05, 4.69) is 5.32 Å². The van der Waals surface area contributed by atoms with Crippen molar-refractivity contribution in [2.24, 2.45) is 0 Å². The average molecular weight is 427 g/mol. The molecule has 2 aromatic carbocycles. The Morgan fingerprint density at radius 2 is 1.94 bits per heavy atom. The number of rotatable bonds is 5. The molecule has 2 heterocycles. The minimum atomic E-state index is -0.634. The summed E-state index contributed by atoms with van der Waals surface area (Å²) in [6.45, 7) is 0.936. The third kappa shape index (κ3) is 4.83. The van der Waals surface area contributed by atoms with Crippen LogP contribution in [0.4, 0.5) is 20.6 Å². The number of morpholine rings is 1. The number of anilines is 2. The van der Waals surface area contributed by atoms with Crippen molar-refractivity contribution in [2.45, 2.75) is 19.1 Å². The Hall–Kier alpha value is -3.46. The van der Waals surface area contributed by atoms with Gasteiger partial charge in [-0.2, -0.15) is 0 Å². The Balaban J connectivity index is 1.36. The van der Waals surface area contributed by atoms with Crippen LogP contribution in [-0.4, -0.2) is 50.3 Å². The third-order valence-corrected chi connectivity index (χ3v) is 5.18. The van der Waals surface area contributed by atoms with Gasteiger partial charge in [0.25, 0.3) is 5.91 Å². The zero-order valence-electron chi connectivity index (χ0n) is 16.8. The molecular weight excluding hydrogens is 405 g/mol. The summed E-state index contributed by atoms with van der Waals surface area (Å²) in [5.41, 5.74) is 1.37. The Morgan fingerprint density at radius 3 is 2.68 bits per heavy atom. The lowest BCUT2D eigenvalue weighted by Crippen LogP contribution is -2.41. The molecule has 0 radical (unpaired) electrons. The summed E-state index contributed by atoms with van der Waals surface area (Å²) in [5.74, 6) is -1.16. The van der Waals surface area contributed by atoms with Crippen LogP contribution in [-0.2, 0) is 25.7 Å². The van der Waals surface area contributed by atoms with Gasteiger partial charge in [0.05, 0.1) is 18.3 Å². The molecule has 2 saturated heterocycles. The number of alkyl carbamates (subject to hydrolysis) is 1. The van der Waals surface area contributed by atoms with Crippen LogP contribution in [0, 0.1) is 5.82 Å².